The highest BCUT2D eigenvalue weighted by Gasteiger charge is 2.13. The lowest BCUT2D eigenvalue weighted by molar-refractivity contribution is -0.120. The molecule has 0 saturated carbocycles. The third-order valence-electron chi connectivity index (χ3n) is 3.33. The molecule has 1 aromatic carbocycles. The Hall–Kier alpha value is -2.28. The van der Waals surface area contributed by atoms with Crippen molar-refractivity contribution in [2.45, 2.75) is 26.8 Å². The molecule has 2 heterocycles. The van der Waals surface area contributed by atoms with Crippen molar-refractivity contribution in [2.75, 3.05) is 0 Å². The Bertz CT molecular complexity index is 822. The molecule has 2 aromatic heterocycles. The first-order chi connectivity index (χ1) is 10.5. The van der Waals surface area contributed by atoms with Gasteiger partial charge in [-0.1, -0.05) is 23.5 Å². The molecule has 0 radical (unpaired) electrons. The third-order valence-corrected chi connectivity index (χ3v) is 4.15. The average Bonchev–Trinajstić information content (AvgIpc) is 2.94. The van der Waals surface area contributed by atoms with Gasteiger partial charge in [0.25, 0.3) is 0 Å². The summed E-state index contributed by atoms with van der Waals surface area (Å²) in [5.74, 6) is -0.423. The van der Waals surface area contributed by atoms with E-state index in [1.54, 1.807) is 16.6 Å². The van der Waals surface area contributed by atoms with Gasteiger partial charge in [0.2, 0.25) is 10.9 Å². The fourth-order valence-corrected chi connectivity index (χ4v) is 3.03. The van der Waals surface area contributed by atoms with Gasteiger partial charge in [0, 0.05) is 0 Å². The van der Waals surface area contributed by atoms with E-state index in [0.717, 1.165) is 26.9 Å². The van der Waals surface area contributed by atoms with Gasteiger partial charge >= 0.3 is 0 Å². The van der Waals surface area contributed by atoms with Gasteiger partial charge in [-0.3, -0.25) is 4.79 Å². The van der Waals surface area contributed by atoms with Gasteiger partial charge < -0.3 is 5.32 Å². The van der Waals surface area contributed by atoms with Crippen LogP contribution in [0.15, 0.2) is 24.3 Å². The van der Waals surface area contributed by atoms with Crippen molar-refractivity contribution in [3.63, 3.8) is 0 Å². The van der Waals surface area contributed by atoms with Crippen LogP contribution in [0.2, 0.25) is 0 Å². The molecule has 0 bridgehead atoms. The number of nitrogens with zero attached hydrogens (tertiary/aromatic N) is 3. The van der Waals surface area contributed by atoms with E-state index in [0.29, 0.717) is 6.54 Å². The Morgan fingerprint density at radius 2 is 2.05 bits per heavy atom. The highest BCUT2D eigenvalue weighted by atomic mass is 32.1. The normalized spacial score (nSPS) is 11.0. The van der Waals surface area contributed by atoms with Crippen LogP contribution in [-0.2, 0) is 17.8 Å². The molecule has 0 aliphatic carbocycles. The second-order valence-corrected chi connectivity index (χ2v) is 6.20. The van der Waals surface area contributed by atoms with E-state index >= 15 is 0 Å². The van der Waals surface area contributed by atoms with Crippen LogP contribution < -0.4 is 5.32 Å². The Kier molecular flexibility index (Phi) is 3.89. The monoisotopic (exact) mass is 318 g/mol. The molecule has 0 saturated heterocycles. The average molecular weight is 318 g/mol. The molecule has 0 fully saturated rings. The van der Waals surface area contributed by atoms with Crippen LogP contribution in [0.5, 0.6) is 0 Å². The van der Waals surface area contributed by atoms with Crippen molar-refractivity contribution < 1.29 is 9.18 Å². The largest absolute Gasteiger partial charge is 0.350 e. The molecule has 1 N–H and O–H groups in total. The Morgan fingerprint density at radius 1 is 1.32 bits per heavy atom. The number of imidazole rings is 1. The molecule has 0 spiro atoms. The van der Waals surface area contributed by atoms with Crippen LogP contribution in [0.4, 0.5) is 4.39 Å². The number of fused-ring (bicyclic) bond motifs is 1. The summed E-state index contributed by atoms with van der Waals surface area (Å²) in [6.45, 7) is 4.19. The molecule has 7 heteroatoms. The number of benzene rings is 1. The topological polar surface area (TPSA) is 59.3 Å². The number of hydrogen-bond acceptors (Lipinski definition) is 4. The van der Waals surface area contributed by atoms with Crippen molar-refractivity contribution in [3.8, 4) is 0 Å². The first-order valence-corrected chi connectivity index (χ1v) is 7.67. The van der Waals surface area contributed by atoms with Gasteiger partial charge in [-0.2, -0.15) is 5.10 Å². The van der Waals surface area contributed by atoms with Gasteiger partial charge in [0.1, 0.15) is 10.8 Å². The Balaban J connectivity index is 1.67. The summed E-state index contributed by atoms with van der Waals surface area (Å²) in [7, 11) is 0. The second kappa shape index (κ2) is 5.84. The standard InChI is InChI=1S/C15H15FN4OS/c1-9-13(20-15(18-9)22-10(2)19-20)8-17-14(21)7-11-3-5-12(16)6-4-11/h3-6H,7-8H2,1-2H3,(H,17,21). The van der Waals surface area contributed by atoms with Crippen molar-refractivity contribution in [2.24, 2.45) is 0 Å². The SMILES string of the molecule is Cc1nn2c(CNC(=O)Cc3ccc(F)cc3)c(C)nc2s1. The molecule has 22 heavy (non-hydrogen) atoms. The summed E-state index contributed by atoms with van der Waals surface area (Å²) in [4.78, 5) is 17.3. The van der Waals surface area contributed by atoms with Crippen molar-refractivity contribution in [1.82, 2.24) is 19.9 Å². The zero-order chi connectivity index (χ0) is 15.7. The van der Waals surface area contributed by atoms with E-state index in [4.69, 9.17) is 0 Å². The molecule has 0 aliphatic heterocycles. The van der Waals surface area contributed by atoms with Crippen LogP contribution >= 0.6 is 11.3 Å². The van der Waals surface area contributed by atoms with E-state index in [2.05, 4.69) is 15.4 Å². The molecule has 0 unspecified atom stereocenters. The van der Waals surface area contributed by atoms with Crippen LogP contribution in [0, 0.1) is 19.7 Å². The summed E-state index contributed by atoms with van der Waals surface area (Å²) in [6.07, 6.45) is 0.220. The van der Waals surface area contributed by atoms with E-state index < -0.39 is 0 Å². The smallest absolute Gasteiger partial charge is 0.224 e. The first-order valence-electron chi connectivity index (χ1n) is 6.85. The minimum absolute atomic E-state index is 0.118. The third kappa shape index (κ3) is 2.99. The van der Waals surface area contributed by atoms with Crippen LogP contribution in [0.1, 0.15) is 22.0 Å². The van der Waals surface area contributed by atoms with Crippen LogP contribution in [0.3, 0.4) is 0 Å². The number of nitrogens with one attached hydrogen (secondary N) is 1. The zero-order valence-electron chi connectivity index (χ0n) is 12.3. The van der Waals surface area contributed by atoms with Crippen molar-refractivity contribution in [1.29, 1.82) is 0 Å². The maximum Gasteiger partial charge on any atom is 0.224 e. The number of halogens is 1. The summed E-state index contributed by atoms with van der Waals surface area (Å²) in [6, 6.07) is 5.93. The van der Waals surface area contributed by atoms with E-state index in [9.17, 15) is 9.18 Å². The summed E-state index contributed by atoms with van der Waals surface area (Å²) in [5.41, 5.74) is 2.52. The maximum atomic E-state index is 12.8. The van der Waals surface area contributed by atoms with E-state index in [1.807, 2.05) is 13.8 Å². The van der Waals surface area contributed by atoms with Gasteiger partial charge in [-0.05, 0) is 31.5 Å². The number of carbonyl (C=O) groups is 1. The summed E-state index contributed by atoms with van der Waals surface area (Å²) < 4.78 is 14.6. The second-order valence-electron chi connectivity index (χ2n) is 5.04. The fraction of sp³-hybridized carbons (Fsp3) is 0.267. The summed E-state index contributed by atoms with van der Waals surface area (Å²) >= 11 is 1.52. The van der Waals surface area contributed by atoms with Gasteiger partial charge in [0.05, 0.1) is 24.4 Å². The number of aryl methyl sites for hydroxylation is 2. The molecule has 0 aliphatic rings. The minimum atomic E-state index is -0.305. The molecular weight excluding hydrogens is 303 g/mol. The highest BCUT2D eigenvalue weighted by molar-refractivity contribution is 7.16. The zero-order valence-corrected chi connectivity index (χ0v) is 13.1. The highest BCUT2D eigenvalue weighted by Crippen LogP contribution is 2.17. The van der Waals surface area contributed by atoms with Crippen molar-refractivity contribution >= 4 is 22.2 Å². The molecule has 1 amide bonds. The van der Waals surface area contributed by atoms with Gasteiger partial charge in [-0.15, -0.1) is 0 Å². The lowest BCUT2D eigenvalue weighted by Gasteiger charge is -2.05. The van der Waals surface area contributed by atoms with Crippen LogP contribution in [0.25, 0.3) is 4.96 Å². The number of aromatic nitrogens is 3. The lowest BCUT2D eigenvalue weighted by Crippen LogP contribution is -2.25. The van der Waals surface area contributed by atoms with E-state index in [-0.39, 0.29) is 18.1 Å². The number of rotatable bonds is 4. The predicted molar refractivity (Wildman–Crippen MR) is 82.3 cm³/mol. The predicted octanol–water partition coefficient (Wildman–Crippen LogP) is 2.41. The molecule has 114 valence electrons. The number of carbonyl (C=O) groups excluding carboxylic acids is 1. The van der Waals surface area contributed by atoms with Crippen molar-refractivity contribution in [3.05, 3.63) is 52.0 Å². The number of hydrogen-bond donors (Lipinski definition) is 1. The molecule has 5 nitrogen and oxygen atoms in total. The van der Waals surface area contributed by atoms with E-state index in [1.165, 1.54) is 23.5 Å². The Morgan fingerprint density at radius 3 is 2.77 bits per heavy atom. The van der Waals surface area contributed by atoms with Crippen LogP contribution in [-0.4, -0.2) is 20.5 Å². The summed E-state index contributed by atoms with van der Waals surface area (Å²) in [5, 5.41) is 8.18. The first kappa shape index (κ1) is 14.6. The fourth-order valence-electron chi connectivity index (χ4n) is 2.22. The molecular formula is C15H15FN4OS. The minimum Gasteiger partial charge on any atom is -0.350 e. The number of amides is 1. The molecule has 3 aromatic rings. The quantitative estimate of drug-likeness (QED) is 0.803. The Labute approximate surface area is 130 Å². The maximum absolute atomic E-state index is 12.8. The lowest BCUT2D eigenvalue weighted by atomic mass is 10.1. The van der Waals surface area contributed by atoms with Gasteiger partial charge in [-0.25, -0.2) is 13.9 Å². The molecule has 3 rings (SSSR count). The van der Waals surface area contributed by atoms with Gasteiger partial charge in [0.15, 0.2) is 0 Å². The molecule has 0 atom stereocenters.